The van der Waals surface area contributed by atoms with Gasteiger partial charge in [-0.15, -0.1) is 0 Å². The van der Waals surface area contributed by atoms with E-state index >= 15 is 0 Å². The molecule has 1 heterocycles. The van der Waals surface area contributed by atoms with E-state index in [0.717, 1.165) is 12.0 Å². The number of sulfone groups is 1. The Bertz CT molecular complexity index is 568. The van der Waals surface area contributed by atoms with E-state index in [9.17, 15) is 22.8 Å². The van der Waals surface area contributed by atoms with Crippen molar-refractivity contribution < 1.29 is 32.3 Å². The average molecular weight is 319 g/mol. The molecule has 0 aliphatic carbocycles. The van der Waals surface area contributed by atoms with Gasteiger partial charge in [0.25, 0.3) is 0 Å². The van der Waals surface area contributed by atoms with E-state index in [2.05, 4.69) is 11.3 Å². The molecule has 0 aromatic carbocycles. The number of hydrogen-bond acceptors (Lipinski definition) is 7. The van der Waals surface area contributed by atoms with Crippen molar-refractivity contribution in [3.8, 4) is 0 Å². The van der Waals surface area contributed by atoms with Crippen LogP contribution < -0.4 is 0 Å². The molecule has 1 unspecified atom stereocenters. The molecule has 0 radical (unpaired) electrons. The fraction of sp³-hybridized carbons (Fsp3) is 0.583. The van der Waals surface area contributed by atoms with Gasteiger partial charge in [0.1, 0.15) is 6.29 Å². The predicted molar refractivity (Wildman–Crippen MR) is 72.1 cm³/mol. The summed E-state index contributed by atoms with van der Waals surface area (Å²) in [5.74, 6) is -1.39. The Kier molecular flexibility index (Phi) is 5.10. The number of rotatable bonds is 4. The quantitative estimate of drug-likeness (QED) is 0.404. The van der Waals surface area contributed by atoms with Crippen LogP contribution in [0, 0.1) is 0 Å². The van der Waals surface area contributed by atoms with Gasteiger partial charge in [-0.1, -0.05) is 6.58 Å². The Morgan fingerprint density at radius 1 is 1.43 bits per heavy atom. The third-order valence-corrected chi connectivity index (χ3v) is 5.53. The van der Waals surface area contributed by atoms with Crippen molar-refractivity contribution in [2.45, 2.75) is 18.1 Å². The lowest BCUT2D eigenvalue weighted by Gasteiger charge is -2.38. The zero-order valence-electron chi connectivity index (χ0n) is 11.8. The van der Waals surface area contributed by atoms with E-state index in [1.54, 1.807) is 0 Å². The fourth-order valence-corrected chi connectivity index (χ4v) is 3.93. The third-order valence-electron chi connectivity index (χ3n) is 3.16. The van der Waals surface area contributed by atoms with E-state index in [1.807, 2.05) is 0 Å². The standard InChI is InChI=1S/C12H17NO7S/c1-9(2)20-11(16)13-5-7-21(17,18)12(8-13,4-6-14)10(15)19-3/h6H,1,4-5,7-8H2,2-3H3. The van der Waals surface area contributed by atoms with Gasteiger partial charge in [0.15, 0.2) is 14.6 Å². The molecule has 0 aromatic heterocycles. The molecule has 118 valence electrons. The average Bonchev–Trinajstić information content (AvgIpc) is 2.39. The van der Waals surface area contributed by atoms with Crippen LogP contribution in [0.4, 0.5) is 4.79 Å². The molecular formula is C12H17NO7S. The van der Waals surface area contributed by atoms with Gasteiger partial charge in [-0.2, -0.15) is 0 Å². The summed E-state index contributed by atoms with van der Waals surface area (Å²) in [5.41, 5.74) is 0. The molecule has 1 fully saturated rings. The lowest BCUT2D eigenvalue weighted by Crippen LogP contribution is -2.62. The highest BCUT2D eigenvalue weighted by atomic mass is 32.2. The highest BCUT2D eigenvalue weighted by Crippen LogP contribution is 2.29. The third kappa shape index (κ3) is 3.23. The molecule has 1 saturated heterocycles. The van der Waals surface area contributed by atoms with E-state index in [-0.39, 0.29) is 12.3 Å². The first kappa shape index (κ1) is 17.2. The summed E-state index contributed by atoms with van der Waals surface area (Å²) in [4.78, 5) is 35.6. The van der Waals surface area contributed by atoms with Crippen LogP contribution in [0.5, 0.6) is 0 Å². The van der Waals surface area contributed by atoms with Crippen LogP contribution in [0.1, 0.15) is 13.3 Å². The molecule has 0 aromatic rings. The highest BCUT2D eigenvalue weighted by molar-refractivity contribution is 7.93. The summed E-state index contributed by atoms with van der Waals surface area (Å²) < 4.78 is 31.7. The molecule has 8 nitrogen and oxygen atoms in total. The minimum Gasteiger partial charge on any atom is -0.468 e. The zero-order valence-corrected chi connectivity index (χ0v) is 12.6. The Balaban J connectivity index is 3.17. The maximum atomic E-state index is 12.2. The van der Waals surface area contributed by atoms with Gasteiger partial charge in [0.2, 0.25) is 0 Å². The molecule has 0 N–H and O–H groups in total. The van der Waals surface area contributed by atoms with Gasteiger partial charge < -0.3 is 19.2 Å². The Hall–Kier alpha value is -1.90. The number of carbonyl (C=O) groups is 3. The number of esters is 1. The summed E-state index contributed by atoms with van der Waals surface area (Å²) in [6, 6.07) is 0. The first-order valence-corrected chi connectivity index (χ1v) is 7.72. The smallest absolute Gasteiger partial charge is 0.414 e. The minimum atomic E-state index is -3.93. The molecule has 21 heavy (non-hydrogen) atoms. The largest absolute Gasteiger partial charge is 0.468 e. The lowest BCUT2D eigenvalue weighted by molar-refractivity contribution is -0.145. The van der Waals surface area contributed by atoms with Crippen LogP contribution in [0.2, 0.25) is 0 Å². The van der Waals surface area contributed by atoms with Crippen LogP contribution in [0.15, 0.2) is 12.3 Å². The monoisotopic (exact) mass is 319 g/mol. The number of methoxy groups -OCH3 is 1. The van der Waals surface area contributed by atoms with Crippen molar-refractivity contribution in [3.63, 3.8) is 0 Å². The highest BCUT2D eigenvalue weighted by Gasteiger charge is 2.56. The van der Waals surface area contributed by atoms with Gasteiger partial charge >= 0.3 is 12.1 Å². The number of amides is 1. The lowest BCUT2D eigenvalue weighted by atomic mass is 10.0. The summed E-state index contributed by atoms with van der Waals surface area (Å²) in [6.07, 6.45) is -1.09. The van der Waals surface area contributed by atoms with E-state index in [0.29, 0.717) is 6.29 Å². The molecule has 0 spiro atoms. The van der Waals surface area contributed by atoms with Crippen LogP contribution in [0.25, 0.3) is 0 Å². The second-order valence-corrected chi connectivity index (χ2v) is 7.09. The van der Waals surface area contributed by atoms with Crippen molar-refractivity contribution in [2.24, 2.45) is 0 Å². The second kappa shape index (κ2) is 6.25. The Labute approximate surface area is 122 Å². The second-order valence-electron chi connectivity index (χ2n) is 4.67. The normalized spacial score (nSPS) is 24.0. The first-order valence-electron chi connectivity index (χ1n) is 6.07. The van der Waals surface area contributed by atoms with Crippen LogP contribution in [0.3, 0.4) is 0 Å². The Morgan fingerprint density at radius 3 is 2.52 bits per heavy atom. The van der Waals surface area contributed by atoms with Crippen LogP contribution >= 0.6 is 0 Å². The molecule has 1 amide bonds. The molecule has 1 rings (SSSR count). The molecule has 1 aliphatic heterocycles. The SMILES string of the molecule is C=C(C)OC(=O)N1CCS(=O)(=O)C(CC=O)(C(=O)OC)C1. The van der Waals surface area contributed by atoms with Gasteiger partial charge in [-0.3, -0.25) is 4.79 Å². The number of nitrogens with zero attached hydrogens (tertiary/aromatic N) is 1. The van der Waals surface area contributed by atoms with Gasteiger partial charge in [0.05, 0.1) is 25.2 Å². The predicted octanol–water partition coefficient (Wildman–Crippen LogP) is -0.112. The Morgan fingerprint density at radius 2 is 2.05 bits per heavy atom. The van der Waals surface area contributed by atoms with Gasteiger partial charge in [0, 0.05) is 13.0 Å². The molecule has 0 saturated carbocycles. The van der Waals surface area contributed by atoms with E-state index < -0.39 is 45.4 Å². The molecule has 1 atom stereocenters. The summed E-state index contributed by atoms with van der Waals surface area (Å²) >= 11 is 0. The van der Waals surface area contributed by atoms with Crippen molar-refractivity contribution in [3.05, 3.63) is 12.3 Å². The van der Waals surface area contributed by atoms with Crippen molar-refractivity contribution in [1.82, 2.24) is 4.90 Å². The number of aldehydes is 1. The van der Waals surface area contributed by atoms with E-state index in [4.69, 9.17) is 4.74 Å². The topological polar surface area (TPSA) is 107 Å². The van der Waals surface area contributed by atoms with Crippen molar-refractivity contribution >= 4 is 28.2 Å². The fourth-order valence-electron chi connectivity index (χ4n) is 2.07. The van der Waals surface area contributed by atoms with E-state index in [1.165, 1.54) is 6.92 Å². The number of hydrogen-bond donors (Lipinski definition) is 0. The van der Waals surface area contributed by atoms with Gasteiger partial charge in [-0.25, -0.2) is 13.2 Å². The van der Waals surface area contributed by atoms with Gasteiger partial charge in [-0.05, 0) is 6.92 Å². The summed E-state index contributed by atoms with van der Waals surface area (Å²) in [6.45, 7) is 4.24. The minimum absolute atomic E-state index is 0.132. The molecular weight excluding hydrogens is 302 g/mol. The maximum Gasteiger partial charge on any atom is 0.414 e. The van der Waals surface area contributed by atoms with Crippen LogP contribution in [-0.2, 0) is 28.9 Å². The number of allylic oxidation sites excluding steroid dienone is 1. The number of carbonyl (C=O) groups excluding carboxylic acids is 3. The molecule has 1 aliphatic rings. The summed E-state index contributed by atoms with van der Waals surface area (Å²) in [7, 11) is -2.91. The summed E-state index contributed by atoms with van der Waals surface area (Å²) in [5, 5.41) is 0. The van der Waals surface area contributed by atoms with Crippen molar-refractivity contribution in [2.75, 3.05) is 26.0 Å². The maximum absolute atomic E-state index is 12.2. The van der Waals surface area contributed by atoms with Crippen LogP contribution in [-0.4, -0.2) is 62.4 Å². The molecule has 9 heteroatoms. The first-order chi connectivity index (χ1) is 9.70. The number of ether oxygens (including phenoxy) is 2. The molecule has 0 bridgehead atoms. The zero-order chi connectivity index (χ0) is 16.3. The van der Waals surface area contributed by atoms with Crippen molar-refractivity contribution in [1.29, 1.82) is 0 Å².